The van der Waals surface area contributed by atoms with Gasteiger partial charge in [-0.2, -0.15) is 0 Å². The molecule has 1 heterocycles. The fourth-order valence-electron chi connectivity index (χ4n) is 6.26. The molecular formula is C19H25NOS. The van der Waals surface area contributed by atoms with Gasteiger partial charge >= 0.3 is 0 Å². The van der Waals surface area contributed by atoms with E-state index in [1.54, 1.807) is 0 Å². The summed E-state index contributed by atoms with van der Waals surface area (Å²) < 4.78 is 0. The smallest absolute Gasteiger partial charge is 0.252 e. The number of aryl methyl sites for hydroxylation is 1. The first-order chi connectivity index (χ1) is 10.7. The molecule has 4 fully saturated rings. The molecule has 5 aliphatic carbocycles. The predicted octanol–water partition coefficient (Wildman–Crippen LogP) is 4.33. The fraction of sp³-hybridized carbons (Fsp3) is 0.737. The van der Waals surface area contributed by atoms with Crippen LogP contribution < -0.4 is 5.32 Å². The minimum absolute atomic E-state index is 0.148. The van der Waals surface area contributed by atoms with Crippen molar-refractivity contribution in [1.29, 1.82) is 0 Å². The maximum atomic E-state index is 13.0. The molecule has 0 atom stereocenters. The molecule has 0 aliphatic heterocycles. The van der Waals surface area contributed by atoms with Gasteiger partial charge in [-0.3, -0.25) is 4.79 Å². The van der Waals surface area contributed by atoms with Crippen LogP contribution in [0.5, 0.6) is 0 Å². The van der Waals surface area contributed by atoms with E-state index in [-0.39, 0.29) is 11.4 Å². The van der Waals surface area contributed by atoms with Gasteiger partial charge in [-0.15, -0.1) is 11.3 Å². The van der Waals surface area contributed by atoms with Gasteiger partial charge in [-0.1, -0.05) is 0 Å². The topological polar surface area (TPSA) is 29.1 Å². The van der Waals surface area contributed by atoms with Gasteiger partial charge in [0, 0.05) is 15.8 Å². The number of nitrogens with one attached hydrogen (secondary N) is 1. The zero-order valence-electron chi connectivity index (χ0n) is 13.2. The Bertz CT molecular complexity index is 582. The highest BCUT2D eigenvalue weighted by molar-refractivity contribution is 7.10. The molecule has 22 heavy (non-hydrogen) atoms. The number of carbonyl (C=O) groups is 1. The second-order valence-corrected chi connectivity index (χ2v) is 9.37. The molecule has 0 aromatic carbocycles. The number of thiophene rings is 1. The van der Waals surface area contributed by atoms with E-state index in [0.29, 0.717) is 0 Å². The third kappa shape index (κ3) is 2.08. The second-order valence-electron chi connectivity index (χ2n) is 8.41. The Hall–Kier alpha value is -0.830. The zero-order valence-corrected chi connectivity index (χ0v) is 14.0. The van der Waals surface area contributed by atoms with Crippen LogP contribution in [0.3, 0.4) is 0 Å². The van der Waals surface area contributed by atoms with Crippen molar-refractivity contribution < 1.29 is 4.79 Å². The summed E-state index contributed by atoms with van der Waals surface area (Å²) in [6.45, 7) is 0. The lowest BCUT2D eigenvalue weighted by atomic mass is 9.53. The van der Waals surface area contributed by atoms with Crippen LogP contribution in [-0.4, -0.2) is 11.4 Å². The van der Waals surface area contributed by atoms with Crippen LogP contribution >= 0.6 is 11.3 Å². The third-order valence-corrected chi connectivity index (χ3v) is 7.81. The normalized spacial score (nSPS) is 38.8. The molecule has 1 amide bonds. The van der Waals surface area contributed by atoms with Crippen molar-refractivity contribution in [3.63, 3.8) is 0 Å². The van der Waals surface area contributed by atoms with Crippen molar-refractivity contribution in [1.82, 2.24) is 5.32 Å². The zero-order chi connectivity index (χ0) is 14.7. The lowest BCUT2D eigenvalue weighted by Crippen LogP contribution is -2.59. The van der Waals surface area contributed by atoms with Gasteiger partial charge in [0.2, 0.25) is 0 Å². The van der Waals surface area contributed by atoms with Crippen LogP contribution in [0.25, 0.3) is 0 Å². The van der Waals surface area contributed by atoms with Gasteiger partial charge in [-0.05, 0) is 87.5 Å². The largest absolute Gasteiger partial charge is 0.347 e. The molecule has 2 nitrogen and oxygen atoms in total. The molecular weight excluding hydrogens is 290 g/mol. The average molecular weight is 315 g/mol. The molecule has 3 heteroatoms. The summed E-state index contributed by atoms with van der Waals surface area (Å²) in [5, 5.41) is 5.68. The number of amides is 1. The molecule has 6 rings (SSSR count). The van der Waals surface area contributed by atoms with Crippen molar-refractivity contribution in [3.05, 3.63) is 21.4 Å². The van der Waals surface area contributed by atoms with Crippen molar-refractivity contribution in [3.8, 4) is 0 Å². The minimum atomic E-state index is 0.148. The fourth-order valence-corrected chi connectivity index (χ4v) is 7.38. The number of fused-ring (bicyclic) bond motifs is 1. The first-order valence-corrected chi connectivity index (χ1v) is 10.0. The van der Waals surface area contributed by atoms with Crippen molar-refractivity contribution in [2.45, 2.75) is 69.7 Å². The van der Waals surface area contributed by atoms with Crippen LogP contribution in [0.4, 0.5) is 0 Å². The summed E-state index contributed by atoms with van der Waals surface area (Å²) in [6, 6.07) is 0. The summed E-state index contributed by atoms with van der Waals surface area (Å²) in [6.07, 6.45) is 12.9. The highest BCUT2D eigenvalue weighted by Crippen LogP contribution is 2.55. The Kier molecular flexibility index (Phi) is 2.99. The molecule has 1 aromatic rings. The summed E-state index contributed by atoms with van der Waals surface area (Å²) in [4.78, 5) is 14.4. The van der Waals surface area contributed by atoms with Crippen LogP contribution in [0.1, 0.15) is 72.2 Å². The van der Waals surface area contributed by atoms with Crippen molar-refractivity contribution >= 4 is 17.2 Å². The van der Waals surface area contributed by atoms with Gasteiger partial charge in [0.15, 0.2) is 0 Å². The van der Waals surface area contributed by atoms with E-state index in [2.05, 4.69) is 10.7 Å². The van der Waals surface area contributed by atoms with Gasteiger partial charge in [0.05, 0.1) is 5.56 Å². The van der Waals surface area contributed by atoms with Crippen LogP contribution in [0.15, 0.2) is 5.38 Å². The van der Waals surface area contributed by atoms with Crippen LogP contribution in [0, 0.1) is 17.8 Å². The molecule has 0 radical (unpaired) electrons. The Morgan fingerprint density at radius 2 is 1.68 bits per heavy atom. The molecule has 0 saturated heterocycles. The first kappa shape index (κ1) is 13.6. The Labute approximate surface area is 136 Å². The number of hydrogen-bond acceptors (Lipinski definition) is 2. The number of hydrogen-bond donors (Lipinski definition) is 1. The highest BCUT2D eigenvalue weighted by atomic mass is 32.1. The first-order valence-electron chi connectivity index (χ1n) is 9.12. The Balaban J connectivity index is 1.40. The van der Waals surface area contributed by atoms with Crippen LogP contribution in [-0.2, 0) is 12.8 Å². The quantitative estimate of drug-likeness (QED) is 0.865. The summed E-state index contributed by atoms with van der Waals surface area (Å²) >= 11 is 1.81. The molecule has 4 saturated carbocycles. The summed E-state index contributed by atoms with van der Waals surface area (Å²) in [5.74, 6) is 2.91. The van der Waals surface area contributed by atoms with E-state index in [4.69, 9.17) is 0 Å². The van der Waals surface area contributed by atoms with Gasteiger partial charge < -0.3 is 5.32 Å². The van der Waals surface area contributed by atoms with E-state index < -0.39 is 0 Å². The average Bonchev–Trinajstić information content (AvgIpc) is 2.89. The summed E-state index contributed by atoms with van der Waals surface area (Å²) in [5.41, 5.74) is 2.53. The van der Waals surface area contributed by atoms with E-state index in [1.165, 1.54) is 68.2 Å². The maximum Gasteiger partial charge on any atom is 0.252 e. The number of carbonyl (C=O) groups excluding carboxylic acids is 1. The predicted molar refractivity (Wildman–Crippen MR) is 89.3 cm³/mol. The molecule has 4 bridgehead atoms. The lowest BCUT2D eigenvalue weighted by molar-refractivity contribution is -0.0167. The molecule has 0 unspecified atom stereocenters. The van der Waals surface area contributed by atoms with Crippen molar-refractivity contribution in [2.75, 3.05) is 0 Å². The Morgan fingerprint density at radius 3 is 2.36 bits per heavy atom. The van der Waals surface area contributed by atoms with E-state index in [0.717, 1.165) is 29.7 Å². The van der Waals surface area contributed by atoms with E-state index in [9.17, 15) is 4.79 Å². The lowest BCUT2D eigenvalue weighted by Gasteiger charge is -2.56. The number of rotatable bonds is 2. The third-order valence-electron chi connectivity index (χ3n) is 6.72. The van der Waals surface area contributed by atoms with Gasteiger partial charge in [0.1, 0.15) is 0 Å². The minimum Gasteiger partial charge on any atom is -0.347 e. The molecule has 5 aliphatic rings. The van der Waals surface area contributed by atoms with Crippen LogP contribution in [0.2, 0.25) is 0 Å². The van der Waals surface area contributed by atoms with E-state index in [1.807, 2.05) is 11.3 Å². The van der Waals surface area contributed by atoms with Crippen molar-refractivity contribution in [2.24, 2.45) is 17.8 Å². The second kappa shape index (κ2) is 4.83. The molecule has 1 aromatic heterocycles. The summed E-state index contributed by atoms with van der Waals surface area (Å²) in [7, 11) is 0. The SMILES string of the molecule is O=C(NC12CC3CC(CC(C3)C1)C2)c1csc2c1CCCC2. The molecule has 118 valence electrons. The molecule has 0 spiro atoms. The van der Waals surface area contributed by atoms with Gasteiger partial charge in [0.25, 0.3) is 5.91 Å². The monoisotopic (exact) mass is 315 g/mol. The van der Waals surface area contributed by atoms with Gasteiger partial charge in [-0.25, -0.2) is 0 Å². The maximum absolute atomic E-state index is 13.0. The highest BCUT2D eigenvalue weighted by Gasteiger charge is 2.51. The standard InChI is InChI=1S/C19H25NOS/c21-18(16-11-22-17-4-2-1-3-15(16)17)20-19-8-12-5-13(9-19)7-14(6-12)10-19/h11-14H,1-10H2,(H,20,21). The Morgan fingerprint density at radius 1 is 1.05 bits per heavy atom. The van der Waals surface area contributed by atoms with E-state index >= 15 is 0 Å². The molecule has 1 N–H and O–H groups in total.